The van der Waals surface area contributed by atoms with Gasteiger partial charge in [0.15, 0.2) is 0 Å². The van der Waals surface area contributed by atoms with E-state index in [1.807, 2.05) is 0 Å². The molecule has 0 heterocycles. The quantitative estimate of drug-likeness (QED) is 0.0699. The molecule has 0 saturated heterocycles. The molecular formula is C31H60N2O6S. The highest BCUT2D eigenvalue weighted by molar-refractivity contribution is 7.90. The number of carboxylic acid groups (broad SMARTS) is 1. The number of carbonyl (C=O) groups is 2. The predicted molar refractivity (Wildman–Crippen MR) is 163 cm³/mol. The minimum absolute atomic E-state index is 0.0579. The van der Waals surface area contributed by atoms with Crippen molar-refractivity contribution in [1.82, 2.24) is 9.62 Å². The third kappa shape index (κ3) is 22.5. The normalized spacial score (nSPS) is 13.7. The van der Waals surface area contributed by atoms with Crippen LogP contribution < -0.4 is 4.72 Å². The number of ether oxygens (including phenoxy) is 1. The minimum atomic E-state index is -3.11. The van der Waals surface area contributed by atoms with Gasteiger partial charge in [0, 0.05) is 19.4 Å². The molecule has 0 aromatic carbocycles. The van der Waals surface area contributed by atoms with E-state index in [-0.39, 0.29) is 17.6 Å². The fourth-order valence-electron chi connectivity index (χ4n) is 4.94. The molecule has 0 radical (unpaired) electrons. The number of aliphatic carboxylic acids is 1. The molecule has 0 bridgehead atoms. The van der Waals surface area contributed by atoms with Crippen LogP contribution in [0.15, 0.2) is 0 Å². The van der Waals surface area contributed by atoms with Crippen LogP contribution in [0.4, 0.5) is 0 Å². The van der Waals surface area contributed by atoms with Gasteiger partial charge in [-0.1, -0.05) is 84.0 Å². The van der Waals surface area contributed by atoms with Gasteiger partial charge in [-0.2, -0.15) is 0 Å². The molecule has 0 atom stereocenters. The van der Waals surface area contributed by atoms with Crippen molar-refractivity contribution in [1.29, 1.82) is 0 Å². The molecular weight excluding hydrogens is 528 g/mol. The third-order valence-electron chi connectivity index (χ3n) is 7.65. The predicted octanol–water partition coefficient (Wildman–Crippen LogP) is 6.82. The van der Waals surface area contributed by atoms with Gasteiger partial charge in [-0.25, -0.2) is 13.1 Å². The van der Waals surface area contributed by atoms with Crippen LogP contribution in [0.5, 0.6) is 0 Å². The van der Waals surface area contributed by atoms with Gasteiger partial charge in [0.1, 0.15) is 0 Å². The number of hydrogen-bond donors (Lipinski definition) is 2. The zero-order chi connectivity index (χ0) is 29.3. The van der Waals surface area contributed by atoms with Crippen LogP contribution in [0.1, 0.15) is 148 Å². The summed E-state index contributed by atoms with van der Waals surface area (Å²) in [6.07, 6.45) is 22.0. The molecule has 0 aliphatic heterocycles. The number of carbonyl (C=O) groups excluding carboxylic acids is 1. The van der Waals surface area contributed by atoms with E-state index < -0.39 is 16.0 Å². The molecule has 8 nitrogen and oxygen atoms in total. The molecule has 0 unspecified atom stereocenters. The maximum absolute atomic E-state index is 12.0. The molecule has 0 aromatic rings. The second kappa shape index (κ2) is 24.4. The van der Waals surface area contributed by atoms with Crippen molar-refractivity contribution in [2.24, 2.45) is 0 Å². The highest BCUT2D eigenvalue weighted by atomic mass is 32.2. The van der Waals surface area contributed by atoms with Crippen LogP contribution in [0, 0.1) is 0 Å². The van der Waals surface area contributed by atoms with E-state index in [0.717, 1.165) is 116 Å². The second-order valence-corrected chi connectivity index (χ2v) is 13.7. The summed E-state index contributed by atoms with van der Waals surface area (Å²) >= 11 is 0. The Morgan fingerprint density at radius 2 is 1.23 bits per heavy atom. The number of nitrogens with zero attached hydrogens (tertiary/aromatic N) is 1. The summed E-state index contributed by atoms with van der Waals surface area (Å²) in [4.78, 5) is 25.0. The number of hydrogen-bond acceptors (Lipinski definition) is 6. The van der Waals surface area contributed by atoms with E-state index in [0.29, 0.717) is 19.6 Å². The van der Waals surface area contributed by atoms with Crippen LogP contribution >= 0.6 is 0 Å². The molecule has 0 aromatic heterocycles. The Hall–Kier alpha value is -1.19. The summed E-state index contributed by atoms with van der Waals surface area (Å²) < 4.78 is 32.2. The highest BCUT2D eigenvalue weighted by Crippen LogP contribution is 2.27. The molecule has 1 aliphatic rings. The number of carboxylic acids is 1. The van der Waals surface area contributed by atoms with Gasteiger partial charge in [-0.15, -0.1) is 0 Å². The van der Waals surface area contributed by atoms with Crippen molar-refractivity contribution >= 4 is 22.0 Å². The lowest BCUT2D eigenvalue weighted by Gasteiger charge is -2.22. The van der Waals surface area contributed by atoms with E-state index in [1.54, 1.807) is 0 Å². The lowest BCUT2D eigenvalue weighted by Crippen LogP contribution is -2.32. The highest BCUT2D eigenvalue weighted by Gasteiger charge is 2.35. The lowest BCUT2D eigenvalue weighted by atomic mass is 10.1. The Labute approximate surface area is 245 Å². The number of esters is 1. The molecule has 236 valence electrons. The van der Waals surface area contributed by atoms with Gasteiger partial charge in [0.05, 0.1) is 11.9 Å². The van der Waals surface area contributed by atoms with Gasteiger partial charge in [-0.05, 0) is 71.0 Å². The maximum Gasteiger partial charge on any atom is 0.305 e. The SMILES string of the molecule is CCCCCCCCCOC(=O)CCCCCCCN(CCCCCCCC(=O)O)CCCNS(=O)(=O)C1CC1. The second-order valence-electron chi connectivity index (χ2n) is 11.6. The van der Waals surface area contributed by atoms with E-state index in [4.69, 9.17) is 9.84 Å². The van der Waals surface area contributed by atoms with Gasteiger partial charge >= 0.3 is 11.9 Å². The zero-order valence-corrected chi connectivity index (χ0v) is 26.3. The summed E-state index contributed by atoms with van der Waals surface area (Å²) in [7, 11) is -3.11. The Kier molecular flexibility index (Phi) is 22.5. The lowest BCUT2D eigenvalue weighted by molar-refractivity contribution is -0.144. The molecule has 40 heavy (non-hydrogen) atoms. The largest absolute Gasteiger partial charge is 0.481 e. The average molecular weight is 589 g/mol. The topological polar surface area (TPSA) is 113 Å². The van der Waals surface area contributed by atoms with E-state index in [2.05, 4.69) is 16.5 Å². The zero-order valence-electron chi connectivity index (χ0n) is 25.5. The van der Waals surface area contributed by atoms with Gasteiger partial charge < -0.3 is 14.7 Å². The summed E-state index contributed by atoms with van der Waals surface area (Å²) in [6, 6.07) is 0. The first-order chi connectivity index (χ1) is 19.3. The van der Waals surface area contributed by atoms with Crippen LogP contribution in [0.25, 0.3) is 0 Å². The Morgan fingerprint density at radius 3 is 1.80 bits per heavy atom. The van der Waals surface area contributed by atoms with Crippen LogP contribution in [0.3, 0.4) is 0 Å². The van der Waals surface area contributed by atoms with Crippen LogP contribution in [-0.4, -0.2) is 68.4 Å². The molecule has 1 aliphatic carbocycles. The third-order valence-corrected chi connectivity index (χ3v) is 9.60. The van der Waals surface area contributed by atoms with E-state index >= 15 is 0 Å². The van der Waals surface area contributed by atoms with E-state index in [1.165, 1.54) is 32.1 Å². The van der Waals surface area contributed by atoms with Gasteiger partial charge in [-0.3, -0.25) is 9.59 Å². The monoisotopic (exact) mass is 588 g/mol. The average Bonchev–Trinajstić information content (AvgIpc) is 3.77. The minimum Gasteiger partial charge on any atom is -0.481 e. The maximum atomic E-state index is 12.0. The fraction of sp³-hybridized carbons (Fsp3) is 0.935. The molecule has 0 spiro atoms. The summed E-state index contributed by atoms with van der Waals surface area (Å²) in [5, 5.41) is 8.58. The van der Waals surface area contributed by atoms with E-state index in [9.17, 15) is 18.0 Å². The molecule has 1 rings (SSSR count). The van der Waals surface area contributed by atoms with Gasteiger partial charge in [0.2, 0.25) is 10.0 Å². The van der Waals surface area contributed by atoms with Crippen LogP contribution in [-0.2, 0) is 24.3 Å². The number of nitrogens with one attached hydrogen (secondary N) is 1. The smallest absolute Gasteiger partial charge is 0.305 e. The first-order valence-corrected chi connectivity index (χ1v) is 18.0. The molecule has 0 amide bonds. The Balaban J connectivity index is 2.11. The van der Waals surface area contributed by atoms with Crippen molar-refractivity contribution in [3.63, 3.8) is 0 Å². The number of unbranched alkanes of at least 4 members (excludes halogenated alkanes) is 14. The van der Waals surface area contributed by atoms with Crippen molar-refractivity contribution in [2.75, 3.05) is 32.8 Å². The number of rotatable bonds is 30. The van der Waals surface area contributed by atoms with Crippen molar-refractivity contribution < 1.29 is 27.9 Å². The Bertz CT molecular complexity index is 742. The molecule has 1 saturated carbocycles. The van der Waals surface area contributed by atoms with Gasteiger partial charge in [0.25, 0.3) is 0 Å². The molecule has 1 fully saturated rings. The van der Waals surface area contributed by atoms with Crippen molar-refractivity contribution in [3.8, 4) is 0 Å². The number of sulfonamides is 1. The summed E-state index contributed by atoms with van der Waals surface area (Å²) in [5.74, 6) is -0.778. The Morgan fingerprint density at radius 1 is 0.725 bits per heavy atom. The summed E-state index contributed by atoms with van der Waals surface area (Å²) in [5.41, 5.74) is 0. The fourth-order valence-corrected chi connectivity index (χ4v) is 6.36. The van der Waals surface area contributed by atoms with Crippen LogP contribution in [0.2, 0.25) is 0 Å². The molecule has 9 heteroatoms. The first kappa shape index (κ1) is 36.8. The van der Waals surface area contributed by atoms with Crippen molar-refractivity contribution in [3.05, 3.63) is 0 Å². The van der Waals surface area contributed by atoms with Crippen molar-refractivity contribution in [2.45, 2.75) is 153 Å². The molecule has 2 N–H and O–H groups in total. The first-order valence-electron chi connectivity index (χ1n) is 16.4. The standard InChI is InChI=1S/C31H60N2O6S/c1-2-3-4-5-6-13-18-28-39-31(36)21-15-10-8-12-17-26-33(25-16-11-7-9-14-20-30(34)35)27-19-24-32-40(37,38)29-22-23-29/h29,32H,2-28H2,1H3,(H,34,35). The summed E-state index contributed by atoms with van der Waals surface area (Å²) in [6.45, 7) is 6.18.